The van der Waals surface area contributed by atoms with Crippen LogP contribution in [-0.4, -0.2) is 24.1 Å². The zero-order valence-electron chi connectivity index (χ0n) is 20.3. The molecular weight excluding hydrogens is 416 g/mol. The van der Waals surface area contributed by atoms with Gasteiger partial charge >= 0.3 is 0 Å². The van der Waals surface area contributed by atoms with Crippen LogP contribution in [-0.2, 0) is 5.41 Å². The largest absolute Gasteiger partial charge is 0.508 e. The zero-order chi connectivity index (χ0) is 24.1. The normalized spacial score (nSPS) is 12.8. The number of aromatic amines is 1. The molecule has 0 aliphatic carbocycles. The molecule has 0 spiro atoms. The molecule has 170 valence electrons. The summed E-state index contributed by atoms with van der Waals surface area (Å²) < 4.78 is 0. The maximum atomic E-state index is 13.2. The molecule has 0 aliphatic heterocycles. The van der Waals surface area contributed by atoms with E-state index in [1.165, 1.54) is 6.20 Å². The van der Waals surface area contributed by atoms with Gasteiger partial charge in [-0.15, -0.1) is 0 Å². The van der Waals surface area contributed by atoms with Crippen LogP contribution in [0.4, 0.5) is 5.69 Å². The maximum absolute atomic E-state index is 13.2. The van der Waals surface area contributed by atoms with Gasteiger partial charge in [-0.3, -0.25) is 9.59 Å². The molecule has 3 aromatic rings. The maximum Gasteiger partial charge on any atom is 0.261 e. The zero-order valence-corrected chi connectivity index (χ0v) is 21.3. The molecule has 5 nitrogen and oxygen atoms in total. The Morgan fingerprint density at radius 2 is 1.66 bits per heavy atom. The molecule has 32 heavy (non-hydrogen) atoms. The van der Waals surface area contributed by atoms with Crippen molar-refractivity contribution in [3.05, 3.63) is 63.9 Å². The van der Waals surface area contributed by atoms with Gasteiger partial charge in [-0.25, -0.2) is 0 Å². The molecule has 0 saturated carbocycles. The second kappa shape index (κ2) is 7.92. The summed E-state index contributed by atoms with van der Waals surface area (Å²) in [5, 5.41) is 15.3. The lowest BCUT2D eigenvalue weighted by Gasteiger charge is -2.39. The Kier molecular flexibility index (Phi) is 5.89. The Bertz CT molecular complexity index is 1240. The van der Waals surface area contributed by atoms with Crippen molar-refractivity contribution in [3.8, 4) is 5.75 Å². The molecule has 0 aliphatic rings. The first-order valence-electron chi connectivity index (χ1n) is 10.9. The van der Waals surface area contributed by atoms with Crippen molar-refractivity contribution in [1.29, 1.82) is 0 Å². The number of carbonyl (C=O) groups excluding carboxylic acids is 1. The van der Waals surface area contributed by atoms with Gasteiger partial charge in [-0.2, -0.15) is 0 Å². The van der Waals surface area contributed by atoms with E-state index in [0.717, 1.165) is 10.8 Å². The SMILES string of the molecule is CC(C)(C)c1cc([Si](C)(C)C(C)(C)C)c(NC(=O)c2c[nH]c3ccccc3c2=O)cc1O. The molecule has 1 amide bonds. The van der Waals surface area contributed by atoms with Crippen molar-refractivity contribution >= 4 is 35.8 Å². The highest BCUT2D eigenvalue weighted by Gasteiger charge is 2.40. The Morgan fingerprint density at radius 3 is 2.25 bits per heavy atom. The number of para-hydroxylation sites is 1. The lowest BCUT2D eigenvalue weighted by molar-refractivity contribution is 0.102. The van der Waals surface area contributed by atoms with Crippen LogP contribution >= 0.6 is 0 Å². The smallest absolute Gasteiger partial charge is 0.261 e. The number of H-pyrrole nitrogens is 1. The molecule has 1 aromatic heterocycles. The van der Waals surface area contributed by atoms with Crippen molar-refractivity contribution < 1.29 is 9.90 Å². The number of aromatic nitrogens is 1. The van der Waals surface area contributed by atoms with Crippen LogP contribution in [0, 0.1) is 0 Å². The Labute approximate surface area is 190 Å². The van der Waals surface area contributed by atoms with Gasteiger partial charge in [0.05, 0.1) is 8.07 Å². The van der Waals surface area contributed by atoms with Gasteiger partial charge < -0.3 is 15.4 Å². The Hall–Kier alpha value is -2.86. The summed E-state index contributed by atoms with van der Waals surface area (Å²) in [4.78, 5) is 29.2. The van der Waals surface area contributed by atoms with Crippen LogP contribution in [0.15, 0.2) is 47.4 Å². The van der Waals surface area contributed by atoms with Crippen LogP contribution in [0.25, 0.3) is 10.9 Å². The van der Waals surface area contributed by atoms with Crippen molar-refractivity contribution in [2.45, 2.75) is 65.1 Å². The molecular formula is C26H34N2O3Si. The summed E-state index contributed by atoms with van der Waals surface area (Å²) in [6.07, 6.45) is 1.45. The van der Waals surface area contributed by atoms with Gasteiger partial charge in [0.2, 0.25) is 5.43 Å². The number of anilines is 1. The highest BCUT2D eigenvalue weighted by atomic mass is 28.3. The van der Waals surface area contributed by atoms with E-state index in [1.807, 2.05) is 12.1 Å². The average Bonchev–Trinajstić information content (AvgIpc) is 2.66. The number of phenolic OH excluding ortho intramolecular Hbond substituents is 1. The van der Waals surface area contributed by atoms with Crippen molar-refractivity contribution in [2.24, 2.45) is 0 Å². The summed E-state index contributed by atoms with van der Waals surface area (Å²) in [6.45, 7) is 17.3. The quantitative estimate of drug-likeness (QED) is 0.461. The lowest BCUT2D eigenvalue weighted by atomic mass is 9.86. The number of carbonyl (C=O) groups is 1. The molecule has 6 heteroatoms. The van der Waals surface area contributed by atoms with E-state index < -0.39 is 14.0 Å². The van der Waals surface area contributed by atoms with E-state index >= 15 is 0 Å². The summed E-state index contributed by atoms with van der Waals surface area (Å²) in [5.41, 5.74) is 1.58. The third kappa shape index (κ3) is 4.24. The van der Waals surface area contributed by atoms with Gasteiger partial charge in [0, 0.05) is 28.9 Å². The first-order valence-corrected chi connectivity index (χ1v) is 13.9. The Balaban J connectivity index is 2.15. The summed E-state index contributed by atoms with van der Waals surface area (Å²) in [5.74, 6) is -0.345. The molecule has 1 heterocycles. The molecule has 3 N–H and O–H groups in total. The van der Waals surface area contributed by atoms with Gasteiger partial charge in [-0.1, -0.05) is 72.8 Å². The molecule has 3 rings (SSSR count). The van der Waals surface area contributed by atoms with Gasteiger partial charge in [0.25, 0.3) is 5.91 Å². The summed E-state index contributed by atoms with van der Waals surface area (Å²) >= 11 is 0. The fourth-order valence-electron chi connectivity index (χ4n) is 3.74. The minimum Gasteiger partial charge on any atom is -0.508 e. The van der Waals surface area contributed by atoms with Gasteiger partial charge in [-0.05, 0) is 33.3 Å². The topological polar surface area (TPSA) is 82.2 Å². The monoisotopic (exact) mass is 450 g/mol. The number of aromatic hydroxyl groups is 1. The molecule has 0 atom stereocenters. The predicted octanol–water partition coefficient (Wildman–Crippen LogP) is 5.50. The van der Waals surface area contributed by atoms with Crippen LogP contribution < -0.4 is 15.9 Å². The van der Waals surface area contributed by atoms with E-state index in [9.17, 15) is 14.7 Å². The van der Waals surface area contributed by atoms with Crippen LogP contribution in [0.2, 0.25) is 18.1 Å². The van der Waals surface area contributed by atoms with Crippen LogP contribution in [0.5, 0.6) is 5.75 Å². The van der Waals surface area contributed by atoms with Crippen molar-refractivity contribution in [1.82, 2.24) is 4.98 Å². The number of fused-ring (bicyclic) bond motifs is 1. The third-order valence-corrected chi connectivity index (χ3v) is 12.3. The summed E-state index contributed by atoms with van der Waals surface area (Å²) in [7, 11) is -2.10. The minimum absolute atomic E-state index is 0.0129. The predicted molar refractivity (Wildman–Crippen MR) is 136 cm³/mol. The second-order valence-electron chi connectivity index (χ2n) is 11.1. The first-order chi connectivity index (χ1) is 14.6. The number of amides is 1. The molecule has 0 bridgehead atoms. The molecule has 2 aromatic carbocycles. The lowest BCUT2D eigenvalue weighted by Crippen LogP contribution is -2.51. The minimum atomic E-state index is -2.10. The number of nitrogens with one attached hydrogen (secondary N) is 2. The van der Waals surface area contributed by atoms with E-state index in [-0.39, 0.29) is 27.2 Å². The van der Waals surface area contributed by atoms with E-state index in [1.54, 1.807) is 24.3 Å². The molecule has 0 radical (unpaired) electrons. The van der Waals surface area contributed by atoms with E-state index in [2.05, 4.69) is 64.9 Å². The standard InChI is InChI=1S/C26H34N2O3Si/c1-25(2,3)18-13-22(32(7,8)26(4,5)6)20(14-21(18)29)28-24(31)17-15-27-19-12-10-9-11-16(19)23(17)30/h9-15,29H,1-8H3,(H,27,30)(H,28,31). The second-order valence-corrected chi connectivity index (χ2v) is 16.4. The average molecular weight is 451 g/mol. The van der Waals surface area contributed by atoms with E-state index in [0.29, 0.717) is 16.6 Å². The third-order valence-electron chi connectivity index (χ3n) is 6.77. The van der Waals surface area contributed by atoms with Crippen LogP contribution in [0.3, 0.4) is 0 Å². The fourth-order valence-corrected chi connectivity index (χ4v) is 5.86. The van der Waals surface area contributed by atoms with Crippen molar-refractivity contribution in [3.63, 3.8) is 0 Å². The Morgan fingerprint density at radius 1 is 1.03 bits per heavy atom. The number of hydrogen-bond donors (Lipinski definition) is 3. The number of phenols is 1. The summed E-state index contributed by atoms with van der Waals surface area (Å²) in [6, 6.07) is 10.8. The van der Waals surface area contributed by atoms with Crippen molar-refractivity contribution in [2.75, 3.05) is 5.32 Å². The molecule has 0 fully saturated rings. The number of benzene rings is 2. The fraction of sp³-hybridized carbons (Fsp3) is 0.385. The molecule has 0 saturated heterocycles. The first kappa shape index (κ1) is 23.8. The highest BCUT2D eigenvalue weighted by molar-refractivity contribution is 6.93. The van der Waals surface area contributed by atoms with Gasteiger partial charge in [0.15, 0.2) is 0 Å². The van der Waals surface area contributed by atoms with Gasteiger partial charge in [0.1, 0.15) is 11.3 Å². The number of pyridine rings is 1. The van der Waals surface area contributed by atoms with Crippen LogP contribution in [0.1, 0.15) is 57.5 Å². The molecule has 0 unspecified atom stereocenters. The highest BCUT2D eigenvalue weighted by Crippen LogP contribution is 2.40. The van der Waals surface area contributed by atoms with E-state index in [4.69, 9.17) is 0 Å². The number of hydrogen-bond acceptors (Lipinski definition) is 3. The number of rotatable bonds is 3.